The fraction of sp³-hybridized carbons (Fsp3) is 0.409. The van der Waals surface area contributed by atoms with Crippen molar-refractivity contribution in [2.45, 2.75) is 18.9 Å². The van der Waals surface area contributed by atoms with Gasteiger partial charge in [0, 0.05) is 19.8 Å². The van der Waals surface area contributed by atoms with E-state index in [-0.39, 0.29) is 12.0 Å². The molecule has 0 amide bonds. The van der Waals surface area contributed by atoms with Gasteiger partial charge < -0.3 is 14.7 Å². The number of methoxy groups -OCH3 is 1. The maximum atomic E-state index is 11.3. The third kappa shape index (κ3) is 4.42. The van der Waals surface area contributed by atoms with Gasteiger partial charge in [0.05, 0.1) is 19.1 Å². The molecule has 1 aliphatic heterocycles. The Labute approximate surface area is 161 Å². The van der Waals surface area contributed by atoms with Gasteiger partial charge in [0.2, 0.25) is 0 Å². The number of hydrogen-bond donors (Lipinski definition) is 1. The lowest BCUT2D eigenvalue weighted by Crippen LogP contribution is -2.39. The standard InChI is InChI=1S/C22H28N2O3/c1-23(2)19-9-7-16(8-10-19)21(18-5-4-6-20(15-18)27-3)24-13-11-17(12-14-24)22(25)26/h4-10,15,17,21H,11-14H2,1-3H3,(H,25,26). The van der Waals surface area contributed by atoms with Crippen molar-refractivity contribution in [2.75, 3.05) is 39.2 Å². The number of ether oxygens (including phenoxy) is 1. The second-order valence-corrected chi connectivity index (χ2v) is 7.31. The molecule has 0 aliphatic carbocycles. The second kappa shape index (κ2) is 8.44. The lowest BCUT2D eigenvalue weighted by atomic mass is 9.91. The van der Waals surface area contributed by atoms with E-state index in [0.717, 1.165) is 24.5 Å². The summed E-state index contributed by atoms with van der Waals surface area (Å²) in [4.78, 5) is 15.8. The van der Waals surface area contributed by atoms with Crippen molar-refractivity contribution in [3.05, 3.63) is 59.7 Å². The van der Waals surface area contributed by atoms with E-state index >= 15 is 0 Å². The topological polar surface area (TPSA) is 53.0 Å². The first-order valence-electron chi connectivity index (χ1n) is 9.37. The number of benzene rings is 2. The molecule has 1 fully saturated rings. The molecule has 0 saturated carbocycles. The highest BCUT2D eigenvalue weighted by atomic mass is 16.5. The quantitative estimate of drug-likeness (QED) is 0.843. The largest absolute Gasteiger partial charge is 0.497 e. The minimum Gasteiger partial charge on any atom is -0.497 e. The molecule has 1 aliphatic rings. The number of rotatable bonds is 6. The zero-order valence-corrected chi connectivity index (χ0v) is 16.3. The van der Waals surface area contributed by atoms with Gasteiger partial charge in [0.1, 0.15) is 5.75 Å². The third-order valence-corrected chi connectivity index (χ3v) is 5.38. The maximum absolute atomic E-state index is 11.3. The number of nitrogens with zero attached hydrogens (tertiary/aromatic N) is 2. The highest BCUT2D eigenvalue weighted by Gasteiger charge is 2.30. The smallest absolute Gasteiger partial charge is 0.306 e. The van der Waals surface area contributed by atoms with E-state index in [0.29, 0.717) is 12.8 Å². The summed E-state index contributed by atoms with van der Waals surface area (Å²) in [5, 5.41) is 9.31. The molecule has 1 N–H and O–H groups in total. The zero-order valence-electron chi connectivity index (χ0n) is 16.3. The highest BCUT2D eigenvalue weighted by Crippen LogP contribution is 2.34. The molecule has 0 bridgehead atoms. The Morgan fingerprint density at radius 1 is 1.11 bits per heavy atom. The number of carboxylic acid groups (broad SMARTS) is 1. The Hall–Kier alpha value is -2.53. The number of carbonyl (C=O) groups is 1. The molecule has 3 rings (SSSR count). The van der Waals surface area contributed by atoms with Crippen molar-refractivity contribution in [3.63, 3.8) is 0 Å². The summed E-state index contributed by atoms with van der Waals surface area (Å²) in [7, 11) is 5.74. The van der Waals surface area contributed by atoms with Crippen LogP contribution >= 0.6 is 0 Å². The van der Waals surface area contributed by atoms with Gasteiger partial charge in [-0.05, 0) is 61.3 Å². The highest BCUT2D eigenvalue weighted by molar-refractivity contribution is 5.70. The number of aliphatic carboxylic acids is 1. The first kappa shape index (κ1) is 19.2. The van der Waals surface area contributed by atoms with Crippen molar-refractivity contribution < 1.29 is 14.6 Å². The number of piperidine rings is 1. The lowest BCUT2D eigenvalue weighted by molar-refractivity contribution is -0.143. The molecule has 0 radical (unpaired) electrons. The van der Waals surface area contributed by atoms with Crippen LogP contribution in [0, 0.1) is 5.92 Å². The van der Waals surface area contributed by atoms with Crippen LogP contribution in [0.5, 0.6) is 5.75 Å². The molecule has 2 aromatic carbocycles. The Balaban J connectivity index is 1.92. The Morgan fingerprint density at radius 2 is 1.78 bits per heavy atom. The molecule has 2 aromatic rings. The molecule has 1 atom stereocenters. The molecule has 1 heterocycles. The summed E-state index contributed by atoms with van der Waals surface area (Å²) < 4.78 is 5.42. The average molecular weight is 368 g/mol. The van der Waals surface area contributed by atoms with Gasteiger partial charge in [-0.25, -0.2) is 0 Å². The van der Waals surface area contributed by atoms with E-state index in [2.05, 4.69) is 46.2 Å². The molecule has 5 heteroatoms. The fourth-order valence-corrected chi connectivity index (χ4v) is 3.79. The number of anilines is 1. The fourth-order valence-electron chi connectivity index (χ4n) is 3.79. The van der Waals surface area contributed by atoms with Crippen LogP contribution in [0.4, 0.5) is 5.69 Å². The van der Waals surface area contributed by atoms with Gasteiger partial charge in [-0.2, -0.15) is 0 Å². The molecular formula is C22H28N2O3. The van der Waals surface area contributed by atoms with Crippen molar-refractivity contribution in [2.24, 2.45) is 5.92 Å². The summed E-state index contributed by atoms with van der Waals surface area (Å²) >= 11 is 0. The zero-order chi connectivity index (χ0) is 19.4. The van der Waals surface area contributed by atoms with E-state index in [1.165, 1.54) is 11.1 Å². The van der Waals surface area contributed by atoms with E-state index in [1.54, 1.807) is 7.11 Å². The molecule has 27 heavy (non-hydrogen) atoms. The summed E-state index contributed by atoms with van der Waals surface area (Å²) in [6, 6.07) is 16.9. The van der Waals surface area contributed by atoms with Gasteiger partial charge in [-0.15, -0.1) is 0 Å². The van der Waals surface area contributed by atoms with E-state index in [1.807, 2.05) is 26.2 Å². The van der Waals surface area contributed by atoms with Crippen LogP contribution in [0.25, 0.3) is 0 Å². The monoisotopic (exact) mass is 368 g/mol. The van der Waals surface area contributed by atoms with Gasteiger partial charge in [-0.1, -0.05) is 24.3 Å². The lowest BCUT2D eigenvalue weighted by Gasteiger charge is -2.37. The molecule has 1 saturated heterocycles. The van der Waals surface area contributed by atoms with Crippen LogP contribution in [-0.2, 0) is 4.79 Å². The van der Waals surface area contributed by atoms with Gasteiger partial charge in [0.25, 0.3) is 0 Å². The van der Waals surface area contributed by atoms with Crippen LogP contribution in [0.1, 0.15) is 30.0 Å². The minimum absolute atomic E-state index is 0.0889. The van der Waals surface area contributed by atoms with E-state index in [9.17, 15) is 9.90 Å². The molecule has 144 valence electrons. The summed E-state index contributed by atoms with van der Waals surface area (Å²) in [5.41, 5.74) is 3.54. The minimum atomic E-state index is -0.678. The van der Waals surface area contributed by atoms with Gasteiger partial charge in [0.15, 0.2) is 0 Å². The van der Waals surface area contributed by atoms with Crippen molar-refractivity contribution in [3.8, 4) is 5.75 Å². The molecular weight excluding hydrogens is 340 g/mol. The Kier molecular flexibility index (Phi) is 6.01. The third-order valence-electron chi connectivity index (χ3n) is 5.38. The number of likely N-dealkylation sites (tertiary alicyclic amines) is 1. The van der Waals surface area contributed by atoms with Gasteiger partial charge >= 0.3 is 5.97 Å². The van der Waals surface area contributed by atoms with Crippen molar-refractivity contribution >= 4 is 11.7 Å². The average Bonchev–Trinajstić information content (AvgIpc) is 2.69. The first-order chi connectivity index (χ1) is 13.0. The summed E-state index contributed by atoms with van der Waals surface area (Å²) in [6.07, 6.45) is 1.37. The van der Waals surface area contributed by atoms with Crippen molar-refractivity contribution in [1.82, 2.24) is 4.90 Å². The van der Waals surface area contributed by atoms with Crippen LogP contribution < -0.4 is 9.64 Å². The predicted molar refractivity (Wildman–Crippen MR) is 108 cm³/mol. The number of hydrogen-bond acceptors (Lipinski definition) is 4. The van der Waals surface area contributed by atoms with E-state index < -0.39 is 5.97 Å². The SMILES string of the molecule is COc1cccc(C(c2ccc(N(C)C)cc2)N2CCC(C(=O)O)CC2)c1. The van der Waals surface area contributed by atoms with Crippen LogP contribution in [0.3, 0.4) is 0 Å². The Bertz CT molecular complexity index is 765. The summed E-state index contributed by atoms with van der Waals surface area (Å²) in [6.45, 7) is 1.54. The molecule has 0 spiro atoms. The van der Waals surface area contributed by atoms with Gasteiger partial charge in [-0.3, -0.25) is 9.69 Å². The number of carboxylic acids is 1. The molecule has 0 aromatic heterocycles. The Morgan fingerprint density at radius 3 is 2.33 bits per heavy atom. The predicted octanol–water partition coefficient (Wildman–Crippen LogP) is 3.65. The summed E-state index contributed by atoms with van der Waals surface area (Å²) in [5.74, 6) is -0.0749. The first-order valence-corrected chi connectivity index (χ1v) is 9.37. The second-order valence-electron chi connectivity index (χ2n) is 7.31. The van der Waals surface area contributed by atoms with Crippen LogP contribution in [-0.4, -0.2) is 50.3 Å². The van der Waals surface area contributed by atoms with Crippen LogP contribution in [0.15, 0.2) is 48.5 Å². The normalized spacial score (nSPS) is 16.7. The molecule has 1 unspecified atom stereocenters. The van der Waals surface area contributed by atoms with Crippen LogP contribution in [0.2, 0.25) is 0 Å². The van der Waals surface area contributed by atoms with Crippen molar-refractivity contribution in [1.29, 1.82) is 0 Å². The van der Waals surface area contributed by atoms with E-state index in [4.69, 9.17) is 4.74 Å². The maximum Gasteiger partial charge on any atom is 0.306 e. The molecule has 5 nitrogen and oxygen atoms in total.